The third kappa shape index (κ3) is 7.13. The van der Waals surface area contributed by atoms with Crippen molar-refractivity contribution in [2.24, 2.45) is 0 Å². The highest BCUT2D eigenvalue weighted by Crippen LogP contribution is 2.55. The Morgan fingerprint density at radius 2 is 1.45 bits per heavy atom. The maximum atomic E-state index is 14.0. The fraction of sp³-hybridized carbons (Fsp3) is 0.400. The van der Waals surface area contributed by atoms with Crippen LogP contribution in [-0.4, -0.2) is 28.3 Å². The van der Waals surface area contributed by atoms with Crippen LogP contribution in [0, 0.1) is 19.7 Å². The Morgan fingerprint density at radius 3 is 2.05 bits per heavy atom. The molecule has 1 aromatic heterocycles. The fourth-order valence-corrected chi connectivity index (χ4v) is 6.55. The van der Waals surface area contributed by atoms with Gasteiger partial charge in [-0.15, -0.1) is 0 Å². The molecule has 0 saturated heterocycles. The second kappa shape index (κ2) is 11.6. The van der Waals surface area contributed by atoms with Crippen molar-refractivity contribution in [3.05, 3.63) is 86.5 Å². The molecule has 0 radical (unpaired) electrons. The zero-order valence-electron chi connectivity index (χ0n) is 25.0. The number of fused-ring (bicyclic) bond motifs is 1. The summed E-state index contributed by atoms with van der Waals surface area (Å²) in [6.45, 7) is 13.4. The first-order chi connectivity index (χ1) is 19.4. The van der Waals surface area contributed by atoms with Crippen LogP contribution in [0.3, 0.4) is 0 Å². The maximum absolute atomic E-state index is 14.0. The smallest absolute Gasteiger partial charge is 0.322 e. The number of carbonyl (C=O) groups is 1. The molecule has 0 fully saturated rings. The van der Waals surface area contributed by atoms with Gasteiger partial charge in [-0.25, -0.2) is 8.96 Å². The number of hydrogen-bond acceptors (Lipinski definition) is 7. The van der Waals surface area contributed by atoms with Gasteiger partial charge in [-0.2, -0.15) is 0 Å². The quantitative estimate of drug-likeness (QED) is 0.250. The van der Waals surface area contributed by atoms with Gasteiger partial charge >= 0.3 is 7.82 Å². The number of halogens is 2. The van der Waals surface area contributed by atoms with Crippen LogP contribution in [0.25, 0.3) is 0 Å². The zero-order valence-corrected chi connectivity index (χ0v) is 26.7. The van der Waals surface area contributed by atoms with E-state index < -0.39 is 31.3 Å². The normalized spacial score (nSPS) is 14.4. The summed E-state index contributed by atoms with van der Waals surface area (Å²) in [7, 11) is -4.13. The van der Waals surface area contributed by atoms with Gasteiger partial charge in [0.1, 0.15) is 19.2 Å². The molecule has 42 heavy (non-hydrogen) atoms. The van der Waals surface area contributed by atoms with Gasteiger partial charge in [0.05, 0.1) is 28.1 Å². The molecule has 0 N–H and O–H groups in total. The van der Waals surface area contributed by atoms with Crippen molar-refractivity contribution in [2.75, 3.05) is 16.5 Å². The second-order valence-corrected chi connectivity index (χ2v) is 14.0. The van der Waals surface area contributed by atoms with E-state index in [2.05, 4.69) is 0 Å². The predicted octanol–water partition coefficient (Wildman–Crippen LogP) is 7.73. The largest absolute Gasteiger partial charge is 0.477 e. The van der Waals surface area contributed by atoms with Crippen molar-refractivity contribution in [2.45, 2.75) is 73.3 Å². The summed E-state index contributed by atoms with van der Waals surface area (Å²) < 4.78 is 45.9. The first-order valence-electron chi connectivity index (χ1n) is 13.4. The summed E-state index contributed by atoms with van der Waals surface area (Å²) in [4.78, 5) is 30.2. The SMILES string of the molecule is Cc1cc(F)ccc1N1CN(c2ccc(=O)n(COP(=O)(OC(C)(C)C)OC(C)(C)C)c2C)C(=O)c2cc(Cl)ccc21. The summed E-state index contributed by atoms with van der Waals surface area (Å²) in [6.07, 6.45) is 0. The van der Waals surface area contributed by atoms with Gasteiger partial charge in [0, 0.05) is 22.5 Å². The molecule has 0 bridgehead atoms. The maximum Gasteiger partial charge on any atom is 0.477 e. The van der Waals surface area contributed by atoms with E-state index in [9.17, 15) is 18.5 Å². The third-order valence-corrected chi connectivity index (χ3v) is 8.50. The molecule has 1 aliphatic rings. The lowest BCUT2D eigenvalue weighted by atomic mass is 10.0. The molecule has 0 saturated carbocycles. The van der Waals surface area contributed by atoms with Crippen LogP contribution in [0.1, 0.15) is 63.2 Å². The topological polar surface area (TPSA) is 90.3 Å². The van der Waals surface area contributed by atoms with Crippen LogP contribution in [0.15, 0.2) is 53.3 Å². The van der Waals surface area contributed by atoms with Crippen molar-refractivity contribution in [3.63, 3.8) is 0 Å². The Labute approximate surface area is 250 Å². The van der Waals surface area contributed by atoms with Crippen LogP contribution in [0.4, 0.5) is 21.5 Å². The highest BCUT2D eigenvalue weighted by Gasteiger charge is 2.38. The van der Waals surface area contributed by atoms with Gasteiger partial charge in [-0.05, 0) is 103 Å². The summed E-state index contributed by atoms with van der Waals surface area (Å²) in [5.74, 6) is -0.709. The molecule has 0 unspecified atom stereocenters. The van der Waals surface area contributed by atoms with Crippen LogP contribution >= 0.6 is 19.4 Å². The van der Waals surface area contributed by atoms with E-state index >= 15 is 0 Å². The third-order valence-electron chi connectivity index (χ3n) is 6.29. The van der Waals surface area contributed by atoms with Crippen molar-refractivity contribution in [1.29, 1.82) is 0 Å². The lowest BCUT2D eigenvalue weighted by Gasteiger charge is -2.39. The monoisotopic (exact) mass is 619 g/mol. The standard InChI is InChI=1S/C30H36ClFN3O6P/c1-19-15-22(32)10-12-24(19)33-17-34(28(37)23-16-21(31)9-11-26(23)33)25-13-14-27(36)35(20(25)2)18-39-42(38,40-29(3,4)5)41-30(6,7)8/h9-16H,17-18H2,1-8H3. The summed E-state index contributed by atoms with van der Waals surface area (Å²) in [5.41, 5.74) is 0.973. The molecular weight excluding hydrogens is 584 g/mol. The van der Waals surface area contributed by atoms with Crippen LogP contribution in [-0.2, 0) is 24.9 Å². The van der Waals surface area contributed by atoms with E-state index in [1.165, 1.54) is 27.7 Å². The number of pyridine rings is 1. The van der Waals surface area contributed by atoms with Gasteiger partial charge in [0.25, 0.3) is 11.5 Å². The van der Waals surface area contributed by atoms with Gasteiger partial charge in [0.2, 0.25) is 0 Å². The molecule has 3 aromatic rings. The van der Waals surface area contributed by atoms with E-state index in [4.69, 9.17) is 25.2 Å². The number of nitrogens with zero attached hydrogens (tertiary/aromatic N) is 3. The lowest BCUT2D eigenvalue weighted by Crippen LogP contribution is -2.46. The number of carbonyl (C=O) groups excluding carboxylic acids is 1. The first kappa shape index (κ1) is 31.9. The number of amides is 1. The molecule has 2 aromatic carbocycles. The van der Waals surface area contributed by atoms with Crippen molar-refractivity contribution in [3.8, 4) is 0 Å². The lowest BCUT2D eigenvalue weighted by molar-refractivity contribution is -0.00671. The Kier molecular flexibility index (Phi) is 8.80. The van der Waals surface area contributed by atoms with Crippen LogP contribution in [0.2, 0.25) is 5.02 Å². The minimum atomic E-state index is -4.13. The number of rotatable bonds is 7. The number of aromatic nitrogens is 1. The summed E-state index contributed by atoms with van der Waals surface area (Å²) in [5, 5.41) is 0.378. The summed E-state index contributed by atoms with van der Waals surface area (Å²) >= 11 is 6.28. The Balaban J connectivity index is 1.75. The van der Waals surface area contributed by atoms with E-state index in [1.54, 1.807) is 85.7 Å². The van der Waals surface area contributed by atoms with E-state index in [1.807, 2.05) is 4.90 Å². The van der Waals surface area contributed by atoms with Crippen LogP contribution < -0.4 is 15.4 Å². The zero-order chi connectivity index (χ0) is 31.2. The molecule has 1 aliphatic heterocycles. The molecule has 226 valence electrons. The molecule has 2 heterocycles. The number of anilines is 3. The molecule has 0 aliphatic carbocycles. The number of hydrogen-bond donors (Lipinski definition) is 0. The number of phosphoric ester groups is 1. The minimum Gasteiger partial charge on any atom is -0.322 e. The second-order valence-electron chi connectivity index (χ2n) is 12.1. The van der Waals surface area contributed by atoms with Gasteiger partial charge < -0.3 is 4.90 Å². The Bertz CT molecular complexity index is 1610. The minimum absolute atomic E-state index is 0.0681. The van der Waals surface area contributed by atoms with E-state index in [0.717, 1.165) is 0 Å². The van der Waals surface area contributed by atoms with Crippen molar-refractivity contribution in [1.82, 2.24) is 4.57 Å². The molecular formula is C30H36ClFN3O6P. The van der Waals surface area contributed by atoms with Gasteiger partial charge in [-0.1, -0.05) is 11.6 Å². The average Bonchev–Trinajstić information content (AvgIpc) is 2.83. The number of phosphoric acid groups is 1. The molecule has 4 rings (SSSR count). The Morgan fingerprint density at radius 1 is 0.857 bits per heavy atom. The first-order valence-corrected chi connectivity index (χ1v) is 15.2. The average molecular weight is 620 g/mol. The predicted molar refractivity (Wildman–Crippen MR) is 162 cm³/mol. The molecule has 9 nitrogen and oxygen atoms in total. The van der Waals surface area contributed by atoms with Crippen molar-refractivity contribution >= 4 is 42.4 Å². The van der Waals surface area contributed by atoms with E-state index in [-0.39, 0.29) is 18.4 Å². The van der Waals surface area contributed by atoms with Crippen molar-refractivity contribution < 1.29 is 27.3 Å². The van der Waals surface area contributed by atoms with Gasteiger partial charge in [-0.3, -0.25) is 32.6 Å². The number of aryl methyl sites for hydroxylation is 1. The molecule has 1 amide bonds. The summed E-state index contributed by atoms with van der Waals surface area (Å²) in [6, 6.07) is 12.3. The van der Waals surface area contributed by atoms with E-state index in [0.29, 0.717) is 38.9 Å². The van der Waals surface area contributed by atoms with Crippen LogP contribution in [0.5, 0.6) is 0 Å². The highest BCUT2D eigenvalue weighted by atomic mass is 35.5. The highest BCUT2D eigenvalue weighted by molar-refractivity contribution is 7.48. The number of benzene rings is 2. The molecule has 12 heteroatoms. The fourth-order valence-electron chi connectivity index (χ4n) is 4.64. The van der Waals surface area contributed by atoms with Gasteiger partial charge in [0.15, 0.2) is 0 Å². The molecule has 0 spiro atoms. The molecule has 0 atom stereocenters. The Hall–Kier alpha value is -3.01.